The first-order valence-electron chi connectivity index (χ1n) is 13.7. The van der Waals surface area contributed by atoms with E-state index in [0.717, 1.165) is 10.5 Å². The average Bonchev–Trinajstić information content (AvgIpc) is 3.50. The van der Waals surface area contributed by atoms with E-state index < -0.39 is 58.5 Å². The molecule has 14 heteroatoms. The Morgan fingerprint density at radius 2 is 1.77 bits per heavy atom. The molecule has 43 heavy (non-hydrogen) atoms. The monoisotopic (exact) mass is 602 g/mol. The summed E-state index contributed by atoms with van der Waals surface area (Å²) in [6, 6.07) is 3.54. The van der Waals surface area contributed by atoms with Crippen LogP contribution < -0.4 is 5.32 Å². The van der Waals surface area contributed by atoms with Crippen LogP contribution in [0.5, 0.6) is 0 Å². The number of likely N-dealkylation sites (tertiary alicyclic amines) is 1. The van der Waals surface area contributed by atoms with Crippen LogP contribution in [0.25, 0.3) is 5.65 Å². The van der Waals surface area contributed by atoms with Crippen LogP contribution in [-0.2, 0) is 22.3 Å². The van der Waals surface area contributed by atoms with E-state index >= 15 is 0 Å². The number of rotatable bonds is 6. The maximum atomic E-state index is 14.3. The molecule has 0 radical (unpaired) electrons. The molecule has 5 rings (SSSR count). The third-order valence-corrected chi connectivity index (χ3v) is 8.20. The first-order chi connectivity index (χ1) is 20.2. The predicted molar refractivity (Wildman–Crippen MR) is 145 cm³/mol. The second-order valence-corrected chi connectivity index (χ2v) is 11.2. The van der Waals surface area contributed by atoms with Gasteiger partial charge in [0.1, 0.15) is 23.0 Å². The first kappa shape index (κ1) is 30.0. The lowest BCUT2D eigenvalue weighted by Crippen LogP contribution is -2.60. The molecular weight excluding hydrogens is 572 g/mol. The number of imidazole rings is 1. The predicted octanol–water partition coefficient (Wildman–Crippen LogP) is 3.70. The molecule has 4 heterocycles. The summed E-state index contributed by atoms with van der Waals surface area (Å²) in [6.45, 7) is 3.60. The summed E-state index contributed by atoms with van der Waals surface area (Å²) in [4.78, 5) is 61.3. The third-order valence-electron chi connectivity index (χ3n) is 8.20. The van der Waals surface area contributed by atoms with Gasteiger partial charge < -0.3 is 19.5 Å². The topological polar surface area (TPSA) is 107 Å². The van der Waals surface area contributed by atoms with Gasteiger partial charge in [-0.05, 0) is 54.7 Å². The molecule has 10 nitrogen and oxygen atoms in total. The number of amides is 5. The fourth-order valence-electron chi connectivity index (χ4n) is 5.72. The van der Waals surface area contributed by atoms with Crippen LogP contribution >= 0.6 is 0 Å². The number of nitrogens with zero attached hydrogens (tertiary/aromatic N) is 5. The number of likely N-dealkylation sites (N-methyl/N-ethyl adjacent to an activating group) is 1. The van der Waals surface area contributed by atoms with Crippen LogP contribution in [-0.4, -0.2) is 79.6 Å². The fraction of sp³-hybridized carbons (Fsp3) is 0.414. The second-order valence-electron chi connectivity index (χ2n) is 11.2. The number of hydrogen-bond donors (Lipinski definition) is 1. The van der Waals surface area contributed by atoms with Gasteiger partial charge in [-0.25, -0.2) is 14.2 Å². The van der Waals surface area contributed by atoms with E-state index in [1.54, 1.807) is 26.2 Å². The van der Waals surface area contributed by atoms with Crippen molar-refractivity contribution in [2.75, 3.05) is 20.1 Å². The zero-order chi connectivity index (χ0) is 31.3. The Balaban J connectivity index is 1.32. The molecular formula is C29H30F4N6O4. The summed E-state index contributed by atoms with van der Waals surface area (Å²) in [5.74, 6) is -3.69. The molecule has 0 bridgehead atoms. The van der Waals surface area contributed by atoms with Crippen molar-refractivity contribution < 1.29 is 36.7 Å². The van der Waals surface area contributed by atoms with Crippen LogP contribution in [0.4, 0.5) is 22.4 Å². The van der Waals surface area contributed by atoms with Crippen molar-refractivity contribution in [2.45, 2.75) is 51.0 Å². The van der Waals surface area contributed by atoms with Crippen molar-refractivity contribution >= 4 is 29.4 Å². The van der Waals surface area contributed by atoms with E-state index in [1.165, 1.54) is 16.8 Å². The Labute approximate surface area is 244 Å². The number of carbonyl (C=O) groups is 4. The summed E-state index contributed by atoms with van der Waals surface area (Å²) in [7, 11) is 1.42. The number of benzene rings is 1. The lowest BCUT2D eigenvalue weighted by atomic mass is 9.85. The minimum Gasteiger partial charge on any atom is -0.341 e. The van der Waals surface area contributed by atoms with Gasteiger partial charge in [0, 0.05) is 45.3 Å². The van der Waals surface area contributed by atoms with E-state index in [-0.39, 0.29) is 38.4 Å². The molecule has 0 saturated carbocycles. The summed E-state index contributed by atoms with van der Waals surface area (Å²) in [5.41, 5.74) is -1.74. The Kier molecular flexibility index (Phi) is 7.65. The molecule has 1 atom stereocenters. The number of carbonyl (C=O) groups excluding carboxylic acids is 4. The lowest BCUT2D eigenvalue weighted by molar-refractivity contribution is -0.142. The van der Waals surface area contributed by atoms with Crippen LogP contribution in [0.15, 0.2) is 48.9 Å². The highest BCUT2D eigenvalue weighted by Crippen LogP contribution is 2.38. The van der Waals surface area contributed by atoms with Gasteiger partial charge in [0.2, 0.25) is 5.91 Å². The third kappa shape index (κ3) is 5.41. The molecule has 1 aromatic carbocycles. The van der Waals surface area contributed by atoms with Gasteiger partial charge in [-0.1, -0.05) is 13.8 Å². The molecule has 0 unspecified atom stereocenters. The molecule has 228 valence electrons. The van der Waals surface area contributed by atoms with Crippen molar-refractivity contribution in [1.29, 1.82) is 0 Å². The summed E-state index contributed by atoms with van der Waals surface area (Å²) < 4.78 is 55.6. The van der Waals surface area contributed by atoms with Crippen molar-refractivity contribution in [2.24, 2.45) is 5.92 Å². The quantitative estimate of drug-likeness (QED) is 0.342. The number of pyridine rings is 1. The Morgan fingerprint density at radius 1 is 1.07 bits per heavy atom. The maximum Gasteiger partial charge on any atom is 0.416 e. The van der Waals surface area contributed by atoms with Gasteiger partial charge in [-0.3, -0.25) is 19.3 Å². The minimum absolute atomic E-state index is 0.0818. The highest BCUT2D eigenvalue weighted by molar-refractivity contribution is 6.07. The van der Waals surface area contributed by atoms with E-state index in [9.17, 15) is 36.7 Å². The molecule has 1 N–H and O–H groups in total. The number of imide groups is 1. The van der Waals surface area contributed by atoms with Crippen molar-refractivity contribution in [3.8, 4) is 0 Å². The number of nitrogens with one attached hydrogen (secondary N) is 1. The summed E-state index contributed by atoms with van der Waals surface area (Å²) in [6.07, 6.45) is 0.736. The van der Waals surface area contributed by atoms with Crippen LogP contribution in [0.2, 0.25) is 0 Å². The van der Waals surface area contributed by atoms with Gasteiger partial charge in [0.25, 0.3) is 11.8 Å². The van der Waals surface area contributed by atoms with E-state index in [1.807, 2.05) is 22.7 Å². The van der Waals surface area contributed by atoms with Gasteiger partial charge in [0.15, 0.2) is 0 Å². The minimum atomic E-state index is -4.78. The molecule has 0 aliphatic carbocycles. The number of halogens is 4. The molecule has 1 spiro atoms. The van der Waals surface area contributed by atoms with Gasteiger partial charge in [-0.2, -0.15) is 13.2 Å². The number of piperidine rings is 1. The van der Waals surface area contributed by atoms with Crippen LogP contribution in [0.3, 0.4) is 0 Å². The maximum absolute atomic E-state index is 14.3. The number of urea groups is 1. The van der Waals surface area contributed by atoms with Gasteiger partial charge in [-0.15, -0.1) is 0 Å². The van der Waals surface area contributed by atoms with Crippen molar-refractivity contribution in [1.82, 2.24) is 29.4 Å². The van der Waals surface area contributed by atoms with E-state index in [0.29, 0.717) is 23.8 Å². The normalized spacial score (nSPS) is 17.8. The lowest BCUT2D eigenvalue weighted by Gasteiger charge is -2.43. The number of hydrogen-bond acceptors (Lipinski definition) is 5. The van der Waals surface area contributed by atoms with E-state index in [2.05, 4.69) is 10.3 Å². The Morgan fingerprint density at radius 3 is 2.42 bits per heavy atom. The van der Waals surface area contributed by atoms with Crippen LogP contribution in [0.1, 0.15) is 48.2 Å². The zero-order valence-electron chi connectivity index (χ0n) is 23.7. The number of aromatic nitrogens is 2. The molecule has 2 aliphatic heterocycles. The molecule has 3 aromatic rings. The van der Waals surface area contributed by atoms with Crippen LogP contribution in [0, 0.1) is 11.7 Å². The fourth-order valence-corrected chi connectivity index (χ4v) is 5.72. The first-order valence-corrected chi connectivity index (χ1v) is 13.7. The SMILES string of the molecule is CC(C)[C@@H](NC(=O)c1cc(C(F)(F)F)ccc1F)C(=O)N1CCC2(CC1)C(=O)N(C)C(=O)N2Cc1ccn2ccnc2c1. The molecule has 2 fully saturated rings. The summed E-state index contributed by atoms with van der Waals surface area (Å²) >= 11 is 0. The highest BCUT2D eigenvalue weighted by atomic mass is 19.4. The average molecular weight is 603 g/mol. The van der Waals surface area contributed by atoms with Crippen molar-refractivity contribution in [3.63, 3.8) is 0 Å². The molecule has 2 saturated heterocycles. The second kappa shape index (κ2) is 11.0. The van der Waals surface area contributed by atoms with Gasteiger partial charge in [0.05, 0.1) is 11.1 Å². The smallest absolute Gasteiger partial charge is 0.341 e. The molecule has 2 aliphatic rings. The highest BCUT2D eigenvalue weighted by Gasteiger charge is 2.57. The van der Waals surface area contributed by atoms with E-state index in [4.69, 9.17) is 0 Å². The number of alkyl halides is 3. The van der Waals surface area contributed by atoms with Crippen molar-refractivity contribution in [3.05, 3.63) is 71.4 Å². The van der Waals surface area contributed by atoms with Gasteiger partial charge >= 0.3 is 12.2 Å². The number of fused-ring (bicyclic) bond motifs is 1. The Hall–Kier alpha value is -4.49. The molecule has 5 amide bonds. The standard InChI is InChI=1S/C29H30F4N6O4/c1-17(2)23(35-24(40)20-15-19(29(31,32)33)4-5-21(20)30)25(41)38-11-7-28(8-12-38)26(42)36(3)27(43)39(28)16-18-6-10-37-13-9-34-22(37)14-18/h4-6,9-10,13-15,17,23H,7-8,11-12,16H2,1-3H3,(H,35,40)/t23-/m1/s1. The zero-order valence-corrected chi connectivity index (χ0v) is 23.7. The largest absolute Gasteiger partial charge is 0.416 e. The Bertz CT molecular complexity index is 1600. The molecule has 2 aromatic heterocycles. The summed E-state index contributed by atoms with van der Waals surface area (Å²) in [5, 5.41) is 2.40.